The largest absolute Gasteiger partial charge is 0.326 e. The number of anilines is 1. The number of thiol groups is 1. The van der Waals surface area contributed by atoms with Crippen LogP contribution in [0, 0.1) is 0 Å². The van der Waals surface area contributed by atoms with Crippen LogP contribution in [0.5, 0.6) is 0 Å². The van der Waals surface area contributed by atoms with Gasteiger partial charge in [0, 0.05) is 30.9 Å². The molecule has 0 bridgehead atoms. The van der Waals surface area contributed by atoms with E-state index >= 15 is 0 Å². The minimum absolute atomic E-state index is 0.00896. The number of aromatic nitrogens is 1. The molecule has 0 atom stereocenters. The molecule has 0 unspecified atom stereocenters. The van der Waals surface area contributed by atoms with Crippen LogP contribution < -0.4 is 5.32 Å². The summed E-state index contributed by atoms with van der Waals surface area (Å²) < 4.78 is 2.00. The Morgan fingerprint density at radius 2 is 1.88 bits per heavy atom. The molecule has 1 saturated heterocycles. The lowest BCUT2D eigenvalue weighted by atomic mass is 10.1. The van der Waals surface area contributed by atoms with Crippen molar-refractivity contribution in [1.82, 2.24) is 9.29 Å². The van der Waals surface area contributed by atoms with Crippen molar-refractivity contribution >= 4 is 35.7 Å². The second-order valence-corrected chi connectivity index (χ2v) is 8.05. The fourth-order valence-electron chi connectivity index (χ4n) is 2.92. The Morgan fingerprint density at radius 3 is 2.58 bits per heavy atom. The first kappa shape index (κ1) is 17.3. The maximum atomic E-state index is 12.2. The zero-order valence-corrected chi connectivity index (χ0v) is 15.8. The average Bonchev–Trinajstić information content (AvgIpc) is 3.10. The van der Waals surface area contributed by atoms with Crippen LogP contribution in [-0.2, 0) is 11.2 Å². The zero-order chi connectivity index (χ0) is 17.9. The van der Waals surface area contributed by atoms with E-state index in [9.17, 15) is 4.79 Å². The molecule has 0 saturated carbocycles. The Kier molecular flexibility index (Phi) is 5.06. The van der Waals surface area contributed by atoms with Gasteiger partial charge in [-0.05, 0) is 23.3 Å². The number of hydrogen-bond donors (Lipinski definition) is 2. The Bertz CT molecular complexity index is 887. The number of thiazole rings is 1. The Morgan fingerprint density at radius 1 is 1.15 bits per heavy atom. The molecule has 4 rings (SSSR count). The third-order valence-electron chi connectivity index (χ3n) is 4.40. The Hall–Kier alpha value is -2.15. The number of para-hydroxylation sites is 1. The van der Waals surface area contributed by atoms with Crippen molar-refractivity contribution in [1.29, 1.82) is 0 Å². The van der Waals surface area contributed by atoms with Gasteiger partial charge in [-0.1, -0.05) is 55.3 Å². The predicted molar refractivity (Wildman–Crippen MR) is 110 cm³/mol. The van der Waals surface area contributed by atoms with E-state index < -0.39 is 0 Å². The molecule has 1 aliphatic heterocycles. The molecule has 1 aromatic heterocycles. The summed E-state index contributed by atoms with van der Waals surface area (Å²) in [6.45, 7) is 1.93. The summed E-state index contributed by atoms with van der Waals surface area (Å²) in [5, 5.41) is 4.09. The van der Waals surface area contributed by atoms with Gasteiger partial charge in [-0.3, -0.25) is 9.10 Å². The van der Waals surface area contributed by atoms with Crippen LogP contribution in [0.25, 0.3) is 10.4 Å². The number of amides is 1. The van der Waals surface area contributed by atoms with Gasteiger partial charge < -0.3 is 5.32 Å². The summed E-state index contributed by atoms with van der Waals surface area (Å²) in [4.78, 5) is 17.9. The van der Waals surface area contributed by atoms with Crippen molar-refractivity contribution < 1.29 is 4.79 Å². The molecule has 3 aromatic rings. The first-order chi connectivity index (χ1) is 12.7. The second-order valence-electron chi connectivity index (χ2n) is 6.42. The van der Waals surface area contributed by atoms with Crippen LogP contribution in [0.3, 0.4) is 0 Å². The Balaban J connectivity index is 1.38. The SMILES string of the molecule is O=C(Cc1ccc(-c2cnc(C3CN(S)C3)s2)cc1)Nc1ccccc1. The quantitative estimate of drug-likeness (QED) is 0.650. The van der Waals surface area contributed by atoms with Crippen molar-refractivity contribution in [3.8, 4) is 10.4 Å². The molecule has 0 radical (unpaired) electrons. The Labute approximate surface area is 162 Å². The summed E-state index contributed by atoms with van der Waals surface area (Å²) >= 11 is 6.06. The zero-order valence-electron chi connectivity index (χ0n) is 14.1. The fraction of sp³-hybridized carbons (Fsp3) is 0.200. The van der Waals surface area contributed by atoms with Gasteiger partial charge in [0.05, 0.1) is 16.3 Å². The van der Waals surface area contributed by atoms with Gasteiger partial charge in [-0.25, -0.2) is 4.98 Å². The second kappa shape index (κ2) is 7.61. The van der Waals surface area contributed by atoms with Gasteiger partial charge in [0.15, 0.2) is 0 Å². The molecule has 26 heavy (non-hydrogen) atoms. The predicted octanol–water partition coefficient (Wildman–Crippen LogP) is 4.24. The van der Waals surface area contributed by atoms with E-state index in [-0.39, 0.29) is 5.91 Å². The molecular weight excluding hydrogens is 362 g/mol. The number of rotatable bonds is 5. The number of carbonyl (C=O) groups excluding carboxylic acids is 1. The normalized spacial score (nSPS) is 14.8. The maximum absolute atomic E-state index is 12.2. The molecule has 0 spiro atoms. The van der Waals surface area contributed by atoms with Crippen molar-refractivity contribution in [2.24, 2.45) is 0 Å². The van der Waals surface area contributed by atoms with Gasteiger partial charge in [-0.15, -0.1) is 11.3 Å². The highest BCUT2D eigenvalue weighted by atomic mass is 32.1. The lowest BCUT2D eigenvalue weighted by molar-refractivity contribution is -0.115. The highest BCUT2D eigenvalue weighted by Crippen LogP contribution is 2.34. The summed E-state index contributed by atoms with van der Waals surface area (Å²) in [6, 6.07) is 17.7. The van der Waals surface area contributed by atoms with Crippen molar-refractivity contribution in [3.63, 3.8) is 0 Å². The summed E-state index contributed by atoms with van der Waals surface area (Å²) in [7, 11) is 0. The van der Waals surface area contributed by atoms with Gasteiger partial charge >= 0.3 is 0 Å². The van der Waals surface area contributed by atoms with E-state index in [0.29, 0.717) is 12.3 Å². The number of hydrogen-bond acceptors (Lipinski definition) is 5. The van der Waals surface area contributed by atoms with E-state index in [0.717, 1.165) is 34.8 Å². The van der Waals surface area contributed by atoms with Gasteiger partial charge in [0.2, 0.25) is 5.91 Å². The molecule has 1 fully saturated rings. The number of nitrogens with one attached hydrogen (secondary N) is 1. The van der Waals surface area contributed by atoms with E-state index in [1.54, 1.807) is 11.3 Å². The van der Waals surface area contributed by atoms with E-state index in [1.807, 2.05) is 53.0 Å². The summed E-state index contributed by atoms with van der Waals surface area (Å²) in [6.07, 6.45) is 2.31. The monoisotopic (exact) mass is 381 g/mol. The molecule has 4 nitrogen and oxygen atoms in total. The van der Waals surface area contributed by atoms with E-state index in [2.05, 4.69) is 35.2 Å². The van der Waals surface area contributed by atoms with Crippen LogP contribution in [0.15, 0.2) is 60.8 Å². The van der Waals surface area contributed by atoms with Gasteiger partial charge in [-0.2, -0.15) is 0 Å². The minimum atomic E-state index is -0.00896. The van der Waals surface area contributed by atoms with Crippen LogP contribution in [0.1, 0.15) is 16.5 Å². The number of nitrogens with zero attached hydrogens (tertiary/aromatic N) is 2. The standard InChI is InChI=1S/C20H19N3OS2/c24-19(22-17-4-2-1-3-5-17)10-14-6-8-15(9-7-14)18-11-21-20(26-18)16-12-23(25)13-16/h1-9,11,16,25H,10,12-13H2,(H,22,24). The molecular formula is C20H19N3OS2. The molecule has 0 aliphatic carbocycles. The van der Waals surface area contributed by atoms with Crippen molar-refractivity contribution in [3.05, 3.63) is 71.4 Å². The van der Waals surface area contributed by atoms with Crippen LogP contribution >= 0.6 is 24.2 Å². The third-order valence-corrected chi connectivity index (χ3v) is 5.93. The molecule has 1 amide bonds. The van der Waals surface area contributed by atoms with Crippen molar-refractivity contribution in [2.45, 2.75) is 12.3 Å². The van der Waals surface area contributed by atoms with Gasteiger partial charge in [0.1, 0.15) is 0 Å². The first-order valence-corrected chi connectivity index (χ1v) is 9.73. The van der Waals surface area contributed by atoms with Crippen molar-refractivity contribution in [2.75, 3.05) is 18.4 Å². The summed E-state index contributed by atoms with van der Waals surface area (Å²) in [5.74, 6) is 0.498. The van der Waals surface area contributed by atoms with Gasteiger partial charge in [0.25, 0.3) is 0 Å². The first-order valence-electron chi connectivity index (χ1n) is 8.51. The average molecular weight is 382 g/mol. The van der Waals surface area contributed by atoms with E-state index in [4.69, 9.17) is 0 Å². The molecule has 2 aromatic carbocycles. The van der Waals surface area contributed by atoms with E-state index in [1.165, 1.54) is 5.01 Å². The molecule has 2 heterocycles. The minimum Gasteiger partial charge on any atom is -0.326 e. The summed E-state index contributed by atoms with van der Waals surface area (Å²) in [5.41, 5.74) is 2.96. The number of benzene rings is 2. The molecule has 1 aliphatic rings. The maximum Gasteiger partial charge on any atom is 0.228 e. The lowest BCUT2D eigenvalue weighted by Gasteiger charge is -2.33. The number of carbonyl (C=O) groups is 1. The smallest absolute Gasteiger partial charge is 0.228 e. The molecule has 1 N–H and O–H groups in total. The lowest BCUT2D eigenvalue weighted by Crippen LogP contribution is -2.37. The fourth-order valence-corrected chi connectivity index (χ4v) is 4.32. The molecule has 132 valence electrons. The molecule has 6 heteroatoms. The topological polar surface area (TPSA) is 45.2 Å². The van der Waals surface area contributed by atoms with Crippen LogP contribution in [0.4, 0.5) is 5.69 Å². The highest BCUT2D eigenvalue weighted by Gasteiger charge is 2.28. The van der Waals surface area contributed by atoms with Crippen LogP contribution in [0.2, 0.25) is 0 Å². The van der Waals surface area contributed by atoms with Crippen LogP contribution in [-0.4, -0.2) is 28.3 Å². The third kappa shape index (κ3) is 3.98. The highest BCUT2D eigenvalue weighted by molar-refractivity contribution is 7.77.